The molecule has 0 aliphatic rings. The molecule has 1 aromatic heterocycles. The highest BCUT2D eigenvalue weighted by atomic mass is 19.4. The monoisotopic (exact) mass is 376 g/mol. The van der Waals surface area contributed by atoms with Gasteiger partial charge < -0.3 is 9.47 Å². The van der Waals surface area contributed by atoms with Gasteiger partial charge in [-0.2, -0.15) is 5.10 Å². The number of para-hydroxylation sites is 1. The van der Waals surface area contributed by atoms with Gasteiger partial charge in [0.25, 0.3) is 0 Å². The lowest BCUT2D eigenvalue weighted by molar-refractivity contribution is -0.274. The number of benzene rings is 2. The average Bonchev–Trinajstić information content (AvgIpc) is 3.02. The molecule has 0 N–H and O–H groups in total. The number of nitrogens with zero attached hydrogens (tertiary/aromatic N) is 2. The van der Waals surface area contributed by atoms with Crippen molar-refractivity contribution in [2.75, 3.05) is 7.11 Å². The van der Waals surface area contributed by atoms with E-state index in [2.05, 4.69) is 14.6 Å². The minimum atomic E-state index is -4.79. The molecule has 27 heavy (non-hydrogen) atoms. The summed E-state index contributed by atoms with van der Waals surface area (Å²) in [5.74, 6) is -0.869. The Morgan fingerprint density at radius 2 is 1.81 bits per heavy atom. The number of ether oxygens (including phenoxy) is 2. The molecule has 2 aromatic carbocycles. The van der Waals surface area contributed by atoms with E-state index in [9.17, 15) is 18.0 Å². The van der Waals surface area contributed by atoms with Crippen LogP contribution in [0.3, 0.4) is 0 Å². The maximum atomic E-state index is 12.7. The average molecular weight is 376 g/mol. The van der Waals surface area contributed by atoms with Crippen molar-refractivity contribution in [1.82, 2.24) is 9.78 Å². The standard InChI is InChI=1S/C19H15F3N2O3/c1-12-10-16(18(25)26-2)23-24(12)14-7-5-6-13(11-14)15-8-3-4-9-17(15)27-19(20,21)22/h3-11H,1-2H3. The molecule has 0 amide bonds. The number of carbonyl (C=O) groups excluding carboxylic acids is 1. The quantitative estimate of drug-likeness (QED) is 0.628. The molecule has 0 aliphatic heterocycles. The highest BCUT2D eigenvalue weighted by Gasteiger charge is 2.32. The second kappa shape index (κ2) is 7.14. The van der Waals surface area contributed by atoms with E-state index in [1.165, 1.54) is 30.0 Å². The summed E-state index contributed by atoms with van der Waals surface area (Å²) in [6.07, 6.45) is -4.79. The zero-order chi connectivity index (χ0) is 19.6. The smallest absolute Gasteiger partial charge is 0.464 e. The molecule has 0 saturated heterocycles. The Kier molecular flexibility index (Phi) is 4.89. The number of hydrogen-bond donors (Lipinski definition) is 0. The van der Waals surface area contributed by atoms with Crippen molar-refractivity contribution in [3.05, 3.63) is 66.0 Å². The number of methoxy groups -OCH3 is 1. The van der Waals surface area contributed by atoms with E-state index >= 15 is 0 Å². The van der Waals surface area contributed by atoms with Gasteiger partial charge in [-0.15, -0.1) is 13.2 Å². The van der Waals surface area contributed by atoms with Crippen molar-refractivity contribution in [2.45, 2.75) is 13.3 Å². The summed E-state index contributed by atoms with van der Waals surface area (Å²) in [6.45, 7) is 1.76. The van der Waals surface area contributed by atoms with Gasteiger partial charge in [-0.3, -0.25) is 0 Å². The summed E-state index contributed by atoms with van der Waals surface area (Å²) < 4.78 is 48.3. The zero-order valence-corrected chi connectivity index (χ0v) is 14.4. The summed E-state index contributed by atoms with van der Waals surface area (Å²) in [5, 5.41) is 4.20. The van der Waals surface area contributed by atoms with Crippen molar-refractivity contribution in [2.24, 2.45) is 0 Å². The fourth-order valence-corrected chi connectivity index (χ4v) is 2.66. The molecular formula is C19H15F3N2O3. The fourth-order valence-electron chi connectivity index (χ4n) is 2.66. The Balaban J connectivity index is 2.03. The number of alkyl halides is 3. The maximum Gasteiger partial charge on any atom is 0.573 e. The van der Waals surface area contributed by atoms with Gasteiger partial charge in [0.2, 0.25) is 0 Å². The Morgan fingerprint density at radius 3 is 2.52 bits per heavy atom. The highest BCUT2D eigenvalue weighted by Crippen LogP contribution is 2.34. The first-order valence-corrected chi connectivity index (χ1v) is 7.89. The minimum absolute atomic E-state index is 0.140. The van der Waals surface area contributed by atoms with Crippen LogP contribution in [0.2, 0.25) is 0 Å². The van der Waals surface area contributed by atoms with Crippen LogP contribution in [0, 0.1) is 6.92 Å². The van der Waals surface area contributed by atoms with Crippen LogP contribution >= 0.6 is 0 Å². The third kappa shape index (κ3) is 4.11. The molecule has 3 aromatic rings. The van der Waals surface area contributed by atoms with Crippen LogP contribution in [0.15, 0.2) is 54.6 Å². The largest absolute Gasteiger partial charge is 0.573 e. The van der Waals surface area contributed by atoms with Gasteiger partial charge in [-0.1, -0.05) is 30.3 Å². The Morgan fingerprint density at radius 1 is 1.07 bits per heavy atom. The summed E-state index contributed by atoms with van der Waals surface area (Å²) in [7, 11) is 1.26. The normalized spacial score (nSPS) is 11.3. The number of rotatable bonds is 4. The van der Waals surface area contributed by atoms with E-state index in [0.29, 0.717) is 16.9 Å². The van der Waals surface area contributed by atoms with E-state index in [1.807, 2.05) is 0 Å². The number of hydrogen-bond acceptors (Lipinski definition) is 4. The summed E-state index contributed by atoms with van der Waals surface area (Å²) in [4.78, 5) is 11.7. The third-order valence-corrected chi connectivity index (χ3v) is 3.80. The van der Waals surface area contributed by atoms with Gasteiger partial charge >= 0.3 is 12.3 Å². The van der Waals surface area contributed by atoms with E-state index in [1.54, 1.807) is 43.3 Å². The van der Waals surface area contributed by atoms with Gasteiger partial charge in [0.1, 0.15) is 5.75 Å². The first kappa shape index (κ1) is 18.5. The fraction of sp³-hybridized carbons (Fsp3) is 0.158. The SMILES string of the molecule is COC(=O)c1cc(C)n(-c2cccc(-c3ccccc3OC(F)(F)F)c2)n1. The summed E-state index contributed by atoms with van der Waals surface area (Å²) >= 11 is 0. The molecule has 8 heteroatoms. The van der Waals surface area contributed by atoms with Crippen LogP contribution in [-0.2, 0) is 4.74 Å². The molecule has 0 spiro atoms. The predicted molar refractivity (Wildman–Crippen MR) is 91.8 cm³/mol. The van der Waals surface area contributed by atoms with E-state index in [4.69, 9.17) is 0 Å². The lowest BCUT2D eigenvalue weighted by Crippen LogP contribution is -2.17. The van der Waals surface area contributed by atoms with Gasteiger partial charge in [0.15, 0.2) is 5.69 Å². The van der Waals surface area contributed by atoms with Crippen molar-refractivity contribution in [1.29, 1.82) is 0 Å². The summed E-state index contributed by atoms with van der Waals surface area (Å²) in [5.41, 5.74) is 2.20. The summed E-state index contributed by atoms with van der Waals surface area (Å²) in [6, 6.07) is 14.2. The molecular weight excluding hydrogens is 361 g/mol. The van der Waals surface area contributed by atoms with Crippen LogP contribution < -0.4 is 4.74 Å². The second-order valence-electron chi connectivity index (χ2n) is 5.67. The van der Waals surface area contributed by atoms with Crippen LogP contribution in [0.4, 0.5) is 13.2 Å². The molecule has 0 bridgehead atoms. The number of carbonyl (C=O) groups is 1. The van der Waals surface area contributed by atoms with Crippen LogP contribution in [-0.4, -0.2) is 29.2 Å². The lowest BCUT2D eigenvalue weighted by atomic mass is 10.0. The third-order valence-electron chi connectivity index (χ3n) is 3.80. The van der Waals surface area contributed by atoms with Crippen molar-refractivity contribution in [3.8, 4) is 22.6 Å². The van der Waals surface area contributed by atoms with Crippen LogP contribution in [0.1, 0.15) is 16.2 Å². The van der Waals surface area contributed by atoms with E-state index < -0.39 is 12.3 Å². The van der Waals surface area contributed by atoms with Gasteiger partial charge in [0, 0.05) is 11.3 Å². The molecule has 0 unspecified atom stereocenters. The number of halogens is 3. The zero-order valence-electron chi connectivity index (χ0n) is 14.4. The van der Waals surface area contributed by atoms with Crippen molar-refractivity contribution >= 4 is 5.97 Å². The van der Waals surface area contributed by atoms with Crippen molar-refractivity contribution in [3.63, 3.8) is 0 Å². The second-order valence-corrected chi connectivity index (χ2v) is 5.67. The molecule has 0 radical (unpaired) electrons. The molecule has 0 atom stereocenters. The number of aromatic nitrogens is 2. The Bertz CT molecular complexity index is 980. The Labute approximate surface area is 152 Å². The van der Waals surface area contributed by atoms with Gasteiger partial charge in [-0.05, 0) is 36.8 Å². The molecule has 3 rings (SSSR count). The van der Waals surface area contributed by atoms with E-state index in [0.717, 1.165) is 0 Å². The molecule has 0 saturated carbocycles. The molecule has 0 fully saturated rings. The first-order chi connectivity index (χ1) is 12.8. The number of esters is 1. The topological polar surface area (TPSA) is 53.4 Å². The highest BCUT2D eigenvalue weighted by molar-refractivity contribution is 5.87. The lowest BCUT2D eigenvalue weighted by Gasteiger charge is -2.14. The minimum Gasteiger partial charge on any atom is -0.464 e. The first-order valence-electron chi connectivity index (χ1n) is 7.89. The molecule has 0 aliphatic carbocycles. The molecule has 5 nitrogen and oxygen atoms in total. The Hall–Kier alpha value is -3.29. The molecule has 1 heterocycles. The predicted octanol–water partition coefficient (Wildman–Crippen LogP) is 4.53. The maximum absolute atomic E-state index is 12.7. The van der Waals surface area contributed by atoms with E-state index in [-0.39, 0.29) is 17.0 Å². The van der Waals surface area contributed by atoms with Crippen LogP contribution in [0.5, 0.6) is 5.75 Å². The van der Waals surface area contributed by atoms with Gasteiger partial charge in [-0.25, -0.2) is 9.48 Å². The van der Waals surface area contributed by atoms with Crippen LogP contribution in [0.25, 0.3) is 16.8 Å². The number of aryl methyl sites for hydroxylation is 1. The van der Waals surface area contributed by atoms with Gasteiger partial charge in [0.05, 0.1) is 12.8 Å². The molecule has 140 valence electrons. The van der Waals surface area contributed by atoms with Crippen molar-refractivity contribution < 1.29 is 27.4 Å².